The molecule has 2 aromatic rings. The minimum Gasteiger partial charge on any atom is -0.481 e. The molecule has 0 saturated carbocycles. The van der Waals surface area contributed by atoms with E-state index in [1.165, 1.54) is 30.7 Å². The molecule has 6 nitrogen and oxygen atoms in total. The predicted octanol–water partition coefficient (Wildman–Crippen LogP) is 5.75. The highest BCUT2D eigenvalue weighted by molar-refractivity contribution is 5.93. The van der Waals surface area contributed by atoms with Crippen molar-refractivity contribution in [3.05, 3.63) is 70.8 Å². The van der Waals surface area contributed by atoms with Gasteiger partial charge in [0.05, 0.1) is 23.1 Å². The highest BCUT2D eigenvalue weighted by Crippen LogP contribution is 2.37. The van der Waals surface area contributed by atoms with Crippen LogP contribution >= 0.6 is 0 Å². The summed E-state index contributed by atoms with van der Waals surface area (Å²) in [5, 5.41) is 9.63. The van der Waals surface area contributed by atoms with Crippen LogP contribution in [0.25, 0.3) is 0 Å². The molecule has 0 heterocycles. The Kier molecular flexibility index (Phi) is 8.64. The zero-order valence-electron chi connectivity index (χ0n) is 19.3. The standard InChI is InChI=1S/C27H32O6/c1-3-4-5-6-9-18(2)32-26(30)20-12-14-21(15-13-20)27(31)33-24-22-11-8-7-10-19(22)16-17-23(24)25(28)29/h7-8,10-15,18,23-24H,3-6,9,16-17H2,1-2H3,(H,28,29)/t18-,23?,24?/m1/s1. The van der Waals surface area contributed by atoms with Gasteiger partial charge in [-0.15, -0.1) is 0 Å². The zero-order chi connectivity index (χ0) is 23.8. The Hall–Kier alpha value is -3.15. The van der Waals surface area contributed by atoms with E-state index in [9.17, 15) is 19.5 Å². The van der Waals surface area contributed by atoms with E-state index in [2.05, 4.69) is 6.92 Å². The monoisotopic (exact) mass is 452 g/mol. The van der Waals surface area contributed by atoms with Crippen LogP contribution in [-0.4, -0.2) is 29.1 Å². The van der Waals surface area contributed by atoms with Crippen molar-refractivity contribution in [3.8, 4) is 0 Å². The van der Waals surface area contributed by atoms with E-state index in [1.54, 1.807) is 0 Å². The molecule has 0 bridgehead atoms. The summed E-state index contributed by atoms with van der Waals surface area (Å²) in [4.78, 5) is 36.9. The van der Waals surface area contributed by atoms with Crippen molar-refractivity contribution in [2.45, 2.75) is 71.0 Å². The van der Waals surface area contributed by atoms with Gasteiger partial charge in [0.2, 0.25) is 0 Å². The molecule has 33 heavy (non-hydrogen) atoms. The van der Waals surface area contributed by atoms with Crippen LogP contribution < -0.4 is 0 Å². The Bertz CT molecular complexity index is 965. The van der Waals surface area contributed by atoms with Gasteiger partial charge in [-0.25, -0.2) is 9.59 Å². The van der Waals surface area contributed by atoms with Gasteiger partial charge in [-0.3, -0.25) is 4.79 Å². The number of benzene rings is 2. The first-order valence-corrected chi connectivity index (χ1v) is 11.7. The van der Waals surface area contributed by atoms with Crippen molar-refractivity contribution < 1.29 is 29.0 Å². The molecular weight excluding hydrogens is 420 g/mol. The van der Waals surface area contributed by atoms with Gasteiger partial charge >= 0.3 is 17.9 Å². The largest absolute Gasteiger partial charge is 0.481 e. The zero-order valence-corrected chi connectivity index (χ0v) is 19.3. The molecule has 2 unspecified atom stereocenters. The van der Waals surface area contributed by atoms with Gasteiger partial charge in [0.1, 0.15) is 6.10 Å². The second-order valence-corrected chi connectivity index (χ2v) is 8.65. The topological polar surface area (TPSA) is 89.9 Å². The number of aryl methyl sites for hydroxylation is 1. The first-order chi connectivity index (χ1) is 15.9. The Labute approximate surface area is 194 Å². The molecule has 1 aliphatic carbocycles. The maximum absolute atomic E-state index is 12.8. The summed E-state index contributed by atoms with van der Waals surface area (Å²) in [6, 6.07) is 13.5. The van der Waals surface area contributed by atoms with Crippen LogP contribution in [0.1, 0.15) is 90.3 Å². The van der Waals surface area contributed by atoms with E-state index >= 15 is 0 Å². The van der Waals surface area contributed by atoms with E-state index in [4.69, 9.17) is 9.47 Å². The third kappa shape index (κ3) is 6.44. The van der Waals surface area contributed by atoms with Gasteiger partial charge in [0.15, 0.2) is 0 Å². The van der Waals surface area contributed by atoms with Crippen molar-refractivity contribution in [2.75, 3.05) is 0 Å². The minimum atomic E-state index is -0.982. The van der Waals surface area contributed by atoms with E-state index in [1.807, 2.05) is 31.2 Å². The molecule has 1 N–H and O–H groups in total. The third-order valence-electron chi connectivity index (χ3n) is 6.13. The lowest BCUT2D eigenvalue weighted by molar-refractivity contribution is -0.146. The summed E-state index contributed by atoms with van der Waals surface area (Å²) in [6.45, 7) is 4.04. The number of hydrogen-bond donors (Lipinski definition) is 1. The molecule has 0 radical (unpaired) electrons. The molecule has 0 aromatic heterocycles. The molecule has 2 aromatic carbocycles. The molecule has 0 saturated heterocycles. The number of unbranched alkanes of at least 4 members (excludes halogenated alkanes) is 3. The van der Waals surface area contributed by atoms with Crippen molar-refractivity contribution in [1.82, 2.24) is 0 Å². The summed E-state index contributed by atoms with van der Waals surface area (Å²) >= 11 is 0. The third-order valence-corrected chi connectivity index (χ3v) is 6.13. The number of aliphatic carboxylic acids is 1. The summed E-state index contributed by atoms with van der Waals surface area (Å²) in [6.07, 6.45) is 5.34. The normalized spacial score (nSPS) is 18.1. The molecule has 0 fully saturated rings. The van der Waals surface area contributed by atoms with Gasteiger partial charge in [-0.2, -0.15) is 0 Å². The SMILES string of the molecule is CCCCCC[C@@H](C)OC(=O)c1ccc(C(=O)OC2c3ccccc3CCC2C(=O)O)cc1. The Morgan fingerprint density at radius 3 is 2.30 bits per heavy atom. The summed E-state index contributed by atoms with van der Waals surface area (Å²) < 4.78 is 11.2. The van der Waals surface area contributed by atoms with E-state index in [-0.39, 0.29) is 11.7 Å². The lowest BCUT2D eigenvalue weighted by Crippen LogP contribution is -2.30. The molecule has 0 spiro atoms. The van der Waals surface area contributed by atoms with Crippen molar-refractivity contribution in [1.29, 1.82) is 0 Å². The molecule has 3 atom stereocenters. The van der Waals surface area contributed by atoms with Crippen molar-refractivity contribution in [3.63, 3.8) is 0 Å². The van der Waals surface area contributed by atoms with Crippen LogP contribution in [0.4, 0.5) is 0 Å². The van der Waals surface area contributed by atoms with E-state index < -0.39 is 29.9 Å². The Balaban J connectivity index is 1.63. The van der Waals surface area contributed by atoms with Crippen LogP contribution in [0, 0.1) is 5.92 Å². The van der Waals surface area contributed by atoms with Crippen molar-refractivity contribution >= 4 is 17.9 Å². The number of esters is 2. The second-order valence-electron chi connectivity index (χ2n) is 8.65. The smallest absolute Gasteiger partial charge is 0.338 e. The minimum absolute atomic E-state index is 0.168. The maximum Gasteiger partial charge on any atom is 0.338 e. The van der Waals surface area contributed by atoms with Crippen LogP contribution in [-0.2, 0) is 20.7 Å². The number of fused-ring (bicyclic) bond motifs is 1. The number of carboxylic acid groups (broad SMARTS) is 1. The van der Waals surface area contributed by atoms with Gasteiger partial charge in [0.25, 0.3) is 0 Å². The second kappa shape index (κ2) is 11.6. The molecule has 0 aliphatic heterocycles. The van der Waals surface area contributed by atoms with E-state index in [0.717, 1.165) is 36.8 Å². The molecule has 0 amide bonds. The first-order valence-electron chi connectivity index (χ1n) is 11.7. The highest BCUT2D eigenvalue weighted by atomic mass is 16.5. The van der Waals surface area contributed by atoms with Crippen LogP contribution in [0.3, 0.4) is 0 Å². The highest BCUT2D eigenvalue weighted by Gasteiger charge is 2.37. The fourth-order valence-electron chi connectivity index (χ4n) is 4.21. The van der Waals surface area contributed by atoms with Crippen LogP contribution in [0.5, 0.6) is 0 Å². The first kappa shape index (κ1) is 24.5. The number of ether oxygens (including phenoxy) is 2. The fourth-order valence-corrected chi connectivity index (χ4v) is 4.21. The van der Waals surface area contributed by atoms with E-state index in [0.29, 0.717) is 18.4 Å². The Morgan fingerprint density at radius 1 is 0.970 bits per heavy atom. The number of hydrogen-bond acceptors (Lipinski definition) is 5. The van der Waals surface area contributed by atoms with Gasteiger partial charge in [0, 0.05) is 0 Å². The summed E-state index contributed by atoms with van der Waals surface area (Å²) in [5.74, 6) is -2.82. The molecule has 1 aliphatic rings. The average Bonchev–Trinajstić information content (AvgIpc) is 2.82. The fraction of sp³-hybridized carbons (Fsp3) is 0.444. The van der Waals surface area contributed by atoms with Gasteiger partial charge in [-0.1, -0.05) is 50.5 Å². The van der Waals surface area contributed by atoms with Crippen LogP contribution in [0.2, 0.25) is 0 Å². The quantitative estimate of drug-likeness (QED) is 0.365. The lowest BCUT2D eigenvalue weighted by atomic mass is 9.81. The average molecular weight is 453 g/mol. The summed E-state index contributed by atoms with van der Waals surface area (Å²) in [5.41, 5.74) is 2.34. The number of rotatable bonds is 10. The Morgan fingerprint density at radius 2 is 1.64 bits per heavy atom. The maximum atomic E-state index is 12.8. The number of carbonyl (C=O) groups excluding carboxylic acids is 2. The van der Waals surface area contributed by atoms with Crippen LogP contribution in [0.15, 0.2) is 48.5 Å². The van der Waals surface area contributed by atoms with Gasteiger partial charge < -0.3 is 14.6 Å². The van der Waals surface area contributed by atoms with Crippen molar-refractivity contribution in [2.24, 2.45) is 5.92 Å². The summed E-state index contributed by atoms with van der Waals surface area (Å²) in [7, 11) is 0. The number of carbonyl (C=O) groups is 3. The molecule has 176 valence electrons. The molecular formula is C27H32O6. The number of carboxylic acids is 1. The molecule has 3 rings (SSSR count). The predicted molar refractivity (Wildman–Crippen MR) is 124 cm³/mol. The molecule has 6 heteroatoms. The lowest BCUT2D eigenvalue weighted by Gasteiger charge is -2.30. The van der Waals surface area contributed by atoms with Gasteiger partial charge in [-0.05, 0) is 68.0 Å².